The zero-order valence-corrected chi connectivity index (χ0v) is 12.2. The molecule has 2 aromatic rings. The minimum absolute atomic E-state index is 0.637. The Morgan fingerprint density at radius 2 is 2.14 bits per heavy atom. The maximum Gasteiger partial charge on any atom is 0.142 e. The summed E-state index contributed by atoms with van der Waals surface area (Å²) < 4.78 is 11.5. The van der Waals surface area contributed by atoms with Crippen LogP contribution in [-0.4, -0.2) is 26.3 Å². The first-order valence-corrected chi connectivity index (χ1v) is 7.19. The van der Waals surface area contributed by atoms with Gasteiger partial charge in [-0.05, 0) is 42.8 Å². The highest BCUT2D eigenvalue weighted by Crippen LogP contribution is 2.33. The molecule has 2 N–H and O–H groups in total. The lowest BCUT2D eigenvalue weighted by molar-refractivity contribution is 0.288. The van der Waals surface area contributed by atoms with Crippen molar-refractivity contribution in [2.24, 2.45) is 0 Å². The highest BCUT2D eigenvalue weighted by atomic mass is 16.5. The fourth-order valence-corrected chi connectivity index (χ4v) is 2.50. The van der Waals surface area contributed by atoms with Crippen molar-refractivity contribution >= 4 is 11.4 Å². The number of hydrogen-bond donors (Lipinski definition) is 1. The minimum Gasteiger partial charge on any atom is -0.492 e. The summed E-state index contributed by atoms with van der Waals surface area (Å²) in [5.41, 5.74) is 8.88. The maximum atomic E-state index is 5.87. The number of fused-ring (bicyclic) bond motifs is 1. The van der Waals surface area contributed by atoms with Crippen LogP contribution < -0.4 is 20.1 Å². The molecule has 0 fully saturated rings. The molecule has 0 bridgehead atoms. The largest absolute Gasteiger partial charge is 0.492 e. The summed E-state index contributed by atoms with van der Waals surface area (Å²) in [5.74, 6) is 1.81. The van der Waals surface area contributed by atoms with Crippen molar-refractivity contribution in [2.75, 3.05) is 36.9 Å². The number of hydrogen-bond acceptors (Lipinski definition) is 4. The number of aryl methyl sites for hydroxylation is 1. The molecule has 110 valence electrons. The number of ether oxygens (including phenoxy) is 2. The molecule has 3 rings (SSSR count). The second-order valence-corrected chi connectivity index (χ2v) is 5.23. The fraction of sp³-hybridized carbons (Fsp3) is 0.294. The Morgan fingerprint density at radius 1 is 1.24 bits per heavy atom. The summed E-state index contributed by atoms with van der Waals surface area (Å²) in [7, 11) is 0. The Hall–Kier alpha value is -2.36. The van der Waals surface area contributed by atoms with Crippen molar-refractivity contribution in [3.05, 3.63) is 48.0 Å². The molecule has 0 saturated carbocycles. The SMILES string of the molecule is Cc1cccc(OCCN2CCOc3ccc(N)cc32)c1. The third-order valence-electron chi connectivity index (χ3n) is 3.56. The first kappa shape index (κ1) is 13.6. The van der Waals surface area contributed by atoms with Gasteiger partial charge in [0.15, 0.2) is 0 Å². The molecule has 0 saturated heterocycles. The molecular formula is C17H20N2O2. The van der Waals surface area contributed by atoms with Gasteiger partial charge in [-0.3, -0.25) is 0 Å². The molecule has 4 heteroatoms. The summed E-state index contributed by atoms with van der Waals surface area (Å²) in [6.45, 7) is 5.06. The minimum atomic E-state index is 0.637. The normalized spacial score (nSPS) is 13.5. The molecule has 4 nitrogen and oxygen atoms in total. The monoisotopic (exact) mass is 284 g/mol. The van der Waals surface area contributed by atoms with E-state index in [1.54, 1.807) is 0 Å². The van der Waals surface area contributed by atoms with Crippen molar-refractivity contribution in [1.29, 1.82) is 0 Å². The van der Waals surface area contributed by atoms with Gasteiger partial charge in [-0.2, -0.15) is 0 Å². The van der Waals surface area contributed by atoms with E-state index in [0.29, 0.717) is 13.2 Å². The maximum absolute atomic E-state index is 5.87. The molecule has 0 aliphatic carbocycles. The van der Waals surface area contributed by atoms with Crippen LogP contribution in [0.5, 0.6) is 11.5 Å². The Balaban J connectivity index is 1.63. The van der Waals surface area contributed by atoms with Crippen molar-refractivity contribution in [3.63, 3.8) is 0 Å². The number of benzene rings is 2. The lowest BCUT2D eigenvalue weighted by Gasteiger charge is -2.31. The molecule has 21 heavy (non-hydrogen) atoms. The quantitative estimate of drug-likeness (QED) is 0.877. The lowest BCUT2D eigenvalue weighted by atomic mass is 10.2. The average Bonchev–Trinajstić information content (AvgIpc) is 2.48. The van der Waals surface area contributed by atoms with E-state index in [1.165, 1.54) is 5.56 Å². The zero-order chi connectivity index (χ0) is 14.7. The summed E-state index contributed by atoms with van der Waals surface area (Å²) in [6.07, 6.45) is 0. The Kier molecular flexibility index (Phi) is 3.86. The van der Waals surface area contributed by atoms with Gasteiger partial charge < -0.3 is 20.1 Å². The van der Waals surface area contributed by atoms with Crippen LogP contribution in [0.2, 0.25) is 0 Å². The molecule has 0 atom stereocenters. The van der Waals surface area contributed by atoms with Crippen molar-refractivity contribution in [3.8, 4) is 11.5 Å². The van der Waals surface area contributed by atoms with Crippen molar-refractivity contribution in [2.45, 2.75) is 6.92 Å². The van der Waals surface area contributed by atoms with Gasteiger partial charge >= 0.3 is 0 Å². The van der Waals surface area contributed by atoms with E-state index in [4.69, 9.17) is 15.2 Å². The molecule has 0 amide bonds. The molecule has 1 aliphatic heterocycles. The molecule has 1 heterocycles. The predicted molar refractivity (Wildman–Crippen MR) is 85.2 cm³/mol. The van der Waals surface area contributed by atoms with E-state index in [2.05, 4.69) is 17.9 Å². The van der Waals surface area contributed by atoms with E-state index >= 15 is 0 Å². The third kappa shape index (κ3) is 3.21. The Morgan fingerprint density at radius 3 is 3.00 bits per heavy atom. The van der Waals surface area contributed by atoms with Crippen LogP contribution in [-0.2, 0) is 0 Å². The number of nitrogens with zero attached hydrogens (tertiary/aromatic N) is 1. The molecule has 0 radical (unpaired) electrons. The number of rotatable bonds is 4. The van der Waals surface area contributed by atoms with Crippen LogP contribution in [0.1, 0.15) is 5.56 Å². The van der Waals surface area contributed by atoms with Gasteiger partial charge in [0.05, 0.1) is 18.8 Å². The predicted octanol–water partition coefficient (Wildman–Crippen LogP) is 2.86. The van der Waals surface area contributed by atoms with Crippen LogP contribution in [0, 0.1) is 6.92 Å². The molecule has 1 aliphatic rings. The van der Waals surface area contributed by atoms with Gasteiger partial charge in [-0.25, -0.2) is 0 Å². The van der Waals surface area contributed by atoms with Crippen LogP contribution in [0.4, 0.5) is 11.4 Å². The van der Waals surface area contributed by atoms with Gasteiger partial charge in [-0.15, -0.1) is 0 Å². The molecule has 0 aromatic heterocycles. The lowest BCUT2D eigenvalue weighted by Crippen LogP contribution is -2.35. The van der Waals surface area contributed by atoms with E-state index in [-0.39, 0.29) is 0 Å². The van der Waals surface area contributed by atoms with Gasteiger partial charge in [0, 0.05) is 5.69 Å². The van der Waals surface area contributed by atoms with Gasteiger partial charge in [0.1, 0.15) is 24.7 Å². The fourth-order valence-electron chi connectivity index (χ4n) is 2.50. The first-order chi connectivity index (χ1) is 10.2. The molecule has 2 aromatic carbocycles. The smallest absolute Gasteiger partial charge is 0.142 e. The van der Waals surface area contributed by atoms with E-state index < -0.39 is 0 Å². The third-order valence-corrected chi connectivity index (χ3v) is 3.56. The van der Waals surface area contributed by atoms with Crippen LogP contribution >= 0.6 is 0 Å². The Bertz CT molecular complexity index is 628. The topological polar surface area (TPSA) is 47.7 Å². The van der Waals surface area contributed by atoms with Gasteiger partial charge in [-0.1, -0.05) is 12.1 Å². The second kappa shape index (κ2) is 5.95. The molecular weight excluding hydrogens is 264 g/mol. The molecule has 0 unspecified atom stereocenters. The van der Waals surface area contributed by atoms with E-state index in [1.807, 2.05) is 36.4 Å². The van der Waals surface area contributed by atoms with Crippen molar-refractivity contribution in [1.82, 2.24) is 0 Å². The number of anilines is 2. The van der Waals surface area contributed by atoms with Crippen LogP contribution in [0.15, 0.2) is 42.5 Å². The highest BCUT2D eigenvalue weighted by Gasteiger charge is 2.17. The number of nitrogen functional groups attached to an aromatic ring is 1. The summed E-state index contributed by atoms with van der Waals surface area (Å²) in [4.78, 5) is 2.25. The first-order valence-electron chi connectivity index (χ1n) is 7.19. The van der Waals surface area contributed by atoms with Crippen LogP contribution in [0.25, 0.3) is 0 Å². The average molecular weight is 284 g/mol. The van der Waals surface area contributed by atoms with E-state index in [9.17, 15) is 0 Å². The summed E-state index contributed by atoms with van der Waals surface area (Å²) in [5, 5.41) is 0. The highest BCUT2D eigenvalue weighted by molar-refractivity contribution is 5.66. The van der Waals surface area contributed by atoms with Gasteiger partial charge in [0.25, 0.3) is 0 Å². The molecule has 0 spiro atoms. The van der Waals surface area contributed by atoms with Gasteiger partial charge in [0.2, 0.25) is 0 Å². The second-order valence-electron chi connectivity index (χ2n) is 5.23. The Labute approximate surface area is 125 Å². The summed E-state index contributed by atoms with van der Waals surface area (Å²) >= 11 is 0. The van der Waals surface area contributed by atoms with E-state index in [0.717, 1.165) is 36.0 Å². The van der Waals surface area contributed by atoms with Crippen molar-refractivity contribution < 1.29 is 9.47 Å². The standard InChI is InChI=1S/C17H20N2O2/c1-13-3-2-4-15(11-13)20-9-7-19-8-10-21-17-6-5-14(18)12-16(17)19/h2-6,11-12H,7-10,18H2,1H3. The van der Waals surface area contributed by atoms with Crippen LogP contribution in [0.3, 0.4) is 0 Å². The number of nitrogens with two attached hydrogens (primary N) is 1. The zero-order valence-electron chi connectivity index (χ0n) is 12.2. The summed E-state index contributed by atoms with van der Waals surface area (Å²) in [6, 6.07) is 13.9.